The second-order valence-electron chi connectivity index (χ2n) is 9.61. The molecule has 4 heterocycles. The number of pyridine rings is 1. The third kappa shape index (κ3) is 4.63. The number of nitrogens with two attached hydrogens (primary N) is 1. The van der Waals surface area contributed by atoms with Gasteiger partial charge in [0, 0.05) is 56.2 Å². The van der Waals surface area contributed by atoms with Crippen LogP contribution in [0.25, 0.3) is 0 Å². The van der Waals surface area contributed by atoms with E-state index in [0.717, 1.165) is 56.9 Å². The lowest BCUT2D eigenvalue weighted by atomic mass is 9.95. The fraction of sp³-hybridized carbons (Fsp3) is 0.538. The number of anilines is 3. The SMILES string of the molecule is NC(=O)CCc1cc(N2CCC[C@H]3[C@@H]2CCN3c2cc(N3CCCCC3)ccn2)ccc1F. The van der Waals surface area contributed by atoms with Gasteiger partial charge in [-0.1, -0.05) is 0 Å². The second kappa shape index (κ2) is 9.57. The van der Waals surface area contributed by atoms with Gasteiger partial charge >= 0.3 is 0 Å². The molecule has 3 saturated heterocycles. The Hall–Kier alpha value is -2.83. The highest BCUT2D eigenvalue weighted by Crippen LogP contribution is 2.37. The van der Waals surface area contributed by atoms with Crippen molar-refractivity contribution in [3.8, 4) is 0 Å². The van der Waals surface area contributed by atoms with Crippen LogP contribution < -0.4 is 20.4 Å². The van der Waals surface area contributed by atoms with Crippen LogP contribution in [0.2, 0.25) is 0 Å². The van der Waals surface area contributed by atoms with E-state index in [-0.39, 0.29) is 12.2 Å². The summed E-state index contributed by atoms with van der Waals surface area (Å²) in [5, 5.41) is 0. The van der Waals surface area contributed by atoms with Crippen LogP contribution in [0.15, 0.2) is 36.5 Å². The Bertz CT molecular complexity index is 992. The number of fused-ring (bicyclic) bond motifs is 1. The molecule has 2 N–H and O–H groups in total. The fourth-order valence-corrected chi connectivity index (χ4v) is 5.89. The fourth-order valence-electron chi connectivity index (χ4n) is 5.89. The third-order valence-corrected chi connectivity index (χ3v) is 7.56. The Morgan fingerprint density at radius 2 is 1.76 bits per heavy atom. The first-order chi connectivity index (χ1) is 16.1. The van der Waals surface area contributed by atoms with Crippen molar-refractivity contribution in [3.63, 3.8) is 0 Å². The predicted molar refractivity (Wildman–Crippen MR) is 130 cm³/mol. The number of rotatable bonds is 6. The lowest BCUT2D eigenvalue weighted by Gasteiger charge is -2.42. The van der Waals surface area contributed by atoms with Crippen molar-refractivity contribution in [3.05, 3.63) is 47.9 Å². The average molecular weight is 452 g/mol. The minimum Gasteiger partial charge on any atom is -0.371 e. The van der Waals surface area contributed by atoms with Crippen molar-refractivity contribution in [2.45, 2.75) is 63.5 Å². The van der Waals surface area contributed by atoms with E-state index in [0.29, 0.717) is 24.1 Å². The number of amides is 1. The molecule has 3 aliphatic heterocycles. The van der Waals surface area contributed by atoms with Gasteiger partial charge in [0.05, 0.1) is 12.1 Å². The molecule has 0 saturated carbocycles. The molecule has 0 radical (unpaired) electrons. The van der Waals surface area contributed by atoms with Gasteiger partial charge in [0.1, 0.15) is 11.6 Å². The molecule has 2 atom stereocenters. The molecular weight excluding hydrogens is 417 g/mol. The summed E-state index contributed by atoms with van der Waals surface area (Å²) in [5.41, 5.74) is 8.18. The quantitative estimate of drug-likeness (QED) is 0.722. The van der Waals surface area contributed by atoms with Crippen LogP contribution in [0.4, 0.5) is 21.6 Å². The van der Waals surface area contributed by atoms with Gasteiger partial charge in [0.15, 0.2) is 0 Å². The molecule has 5 rings (SSSR count). The predicted octanol–water partition coefficient (Wildman–Crippen LogP) is 3.88. The van der Waals surface area contributed by atoms with Crippen molar-refractivity contribution in [2.75, 3.05) is 40.9 Å². The summed E-state index contributed by atoms with van der Waals surface area (Å²) in [5.74, 6) is 0.414. The van der Waals surface area contributed by atoms with E-state index in [1.54, 1.807) is 0 Å². The van der Waals surface area contributed by atoms with Gasteiger partial charge in [-0.2, -0.15) is 0 Å². The lowest BCUT2D eigenvalue weighted by Crippen LogP contribution is -2.50. The maximum absolute atomic E-state index is 14.3. The van der Waals surface area contributed by atoms with E-state index in [1.807, 2.05) is 18.3 Å². The maximum atomic E-state index is 14.3. The third-order valence-electron chi connectivity index (χ3n) is 7.56. The maximum Gasteiger partial charge on any atom is 0.217 e. The molecule has 0 unspecified atom stereocenters. The van der Waals surface area contributed by atoms with Gasteiger partial charge in [-0.15, -0.1) is 0 Å². The summed E-state index contributed by atoms with van der Waals surface area (Å²) < 4.78 is 14.3. The van der Waals surface area contributed by atoms with E-state index in [1.165, 1.54) is 31.0 Å². The van der Waals surface area contributed by atoms with Crippen LogP contribution in [0.3, 0.4) is 0 Å². The van der Waals surface area contributed by atoms with Crippen LogP contribution in [0, 0.1) is 5.82 Å². The van der Waals surface area contributed by atoms with Gasteiger partial charge in [0.2, 0.25) is 5.91 Å². The normalized spacial score (nSPS) is 23.0. The highest BCUT2D eigenvalue weighted by atomic mass is 19.1. The monoisotopic (exact) mass is 451 g/mol. The molecule has 0 aliphatic carbocycles. The number of nitrogens with zero attached hydrogens (tertiary/aromatic N) is 4. The molecule has 1 aromatic heterocycles. The average Bonchev–Trinajstić information content (AvgIpc) is 3.29. The number of aromatic nitrogens is 1. The zero-order valence-corrected chi connectivity index (χ0v) is 19.3. The van der Waals surface area contributed by atoms with Gasteiger partial charge < -0.3 is 20.4 Å². The molecule has 0 spiro atoms. The van der Waals surface area contributed by atoms with Crippen LogP contribution in [0.5, 0.6) is 0 Å². The van der Waals surface area contributed by atoms with E-state index in [2.05, 4.69) is 26.8 Å². The molecule has 1 amide bonds. The minimum atomic E-state index is -0.399. The number of piperidine rings is 2. The molecule has 0 bridgehead atoms. The van der Waals surface area contributed by atoms with Crippen molar-refractivity contribution in [1.29, 1.82) is 0 Å². The Morgan fingerprint density at radius 1 is 0.939 bits per heavy atom. The summed E-state index contributed by atoms with van der Waals surface area (Å²) in [6, 6.07) is 10.5. The molecule has 6 nitrogen and oxygen atoms in total. The van der Waals surface area contributed by atoms with Gasteiger partial charge in [0.25, 0.3) is 0 Å². The Labute approximate surface area is 195 Å². The Balaban J connectivity index is 1.35. The highest BCUT2D eigenvalue weighted by molar-refractivity contribution is 5.74. The van der Waals surface area contributed by atoms with Gasteiger partial charge in [-0.3, -0.25) is 4.79 Å². The van der Waals surface area contributed by atoms with Crippen LogP contribution in [-0.2, 0) is 11.2 Å². The number of benzene rings is 1. The second-order valence-corrected chi connectivity index (χ2v) is 9.61. The summed E-state index contributed by atoms with van der Waals surface area (Å²) in [7, 11) is 0. The van der Waals surface area contributed by atoms with Crippen molar-refractivity contribution < 1.29 is 9.18 Å². The number of carbonyl (C=O) groups excluding carboxylic acids is 1. The molecule has 176 valence electrons. The molecule has 1 aromatic carbocycles. The zero-order chi connectivity index (χ0) is 22.8. The summed E-state index contributed by atoms with van der Waals surface area (Å²) in [6.45, 7) is 4.22. The van der Waals surface area contributed by atoms with E-state index >= 15 is 0 Å². The standard InChI is InChI=1S/C26H34FN5O/c27-22-8-7-21(17-19(22)6-9-25(28)33)31-15-4-5-23-24(31)11-16-32(23)26-18-20(10-12-29-26)30-13-2-1-3-14-30/h7-8,10,12,17-18,23-24H,1-6,9,11,13-16H2,(H2,28,33)/t23-,24-/m0/s1. The molecule has 3 fully saturated rings. The van der Waals surface area contributed by atoms with Gasteiger partial charge in [-0.05, 0) is 74.8 Å². The smallest absolute Gasteiger partial charge is 0.217 e. The summed E-state index contributed by atoms with van der Waals surface area (Å²) >= 11 is 0. The first kappa shape index (κ1) is 22.0. The number of hydrogen-bond donors (Lipinski definition) is 1. The number of aryl methyl sites for hydroxylation is 1. The van der Waals surface area contributed by atoms with Crippen molar-refractivity contribution >= 4 is 23.1 Å². The molecular formula is C26H34FN5O. The topological polar surface area (TPSA) is 65.7 Å². The number of primary amides is 1. The van der Waals surface area contributed by atoms with Crippen LogP contribution in [0.1, 0.15) is 50.5 Å². The van der Waals surface area contributed by atoms with Crippen LogP contribution >= 0.6 is 0 Å². The number of hydrogen-bond acceptors (Lipinski definition) is 5. The number of halogens is 1. The Kier molecular flexibility index (Phi) is 6.38. The lowest BCUT2D eigenvalue weighted by molar-refractivity contribution is -0.117. The molecule has 33 heavy (non-hydrogen) atoms. The van der Waals surface area contributed by atoms with E-state index in [4.69, 9.17) is 10.7 Å². The molecule has 3 aliphatic rings. The van der Waals surface area contributed by atoms with E-state index < -0.39 is 5.91 Å². The zero-order valence-electron chi connectivity index (χ0n) is 19.3. The minimum absolute atomic E-state index is 0.166. The summed E-state index contributed by atoms with van der Waals surface area (Å²) in [4.78, 5) is 23.4. The molecule has 7 heteroatoms. The number of carbonyl (C=O) groups is 1. The van der Waals surface area contributed by atoms with Gasteiger partial charge in [-0.25, -0.2) is 9.37 Å². The first-order valence-electron chi connectivity index (χ1n) is 12.4. The Morgan fingerprint density at radius 3 is 2.58 bits per heavy atom. The van der Waals surface area contributed by atoms with Crippen molar-refractivity contribution in [1.82, 2.24) is 4.98 Å². The van der Waals surface area contributed by atoms with E-state index in [9.17, 15) is 9.18 Å². The molecule has 2 aromatic rings. The van der Waals surface area contributed by atoms with Crippen LogP contribution in [-0.4, -0.2) is 49.2 Å². The first-order valence-corrected chi connectivity index (χ1v) is 12.4. The van der Waals surface area contributed by atoms with Crippen molar-refractivity contribution in [2.24, 2.45) is 5.73 Å². The largest absolute Gasteiger partial charge is 0.371 e. The highest BCUT2D eigenvalue weighted by Gasteiger charge is 2.41. The summed E-state index contributed by atoms with van der Waals surface area (Å²) in [6.07, 6.45) is 9.63.